The molecule has 0 spiro atoms. The van der Waals surface area contributed by atoms with E-state index in [1.807, 2.05) is 80.6 Å². The van der Waals surface area contributed by atoms with Crippen LogP contribution in [-0.2, 0) is 0 Å². The molecule has 0 saturated carbocycles. The maximum atomic E-state index is 13.1. The van der Waals surface area contributed by atoms with Crippen molar-refractivity contribution in [2.45, 2.75) is 13.8 Å². The number of hydrogen-bond donors (Lipinski definition) is 2. The maximum Gasteiger partial charge on any atom is 0.258 e. The lowest BCUT2D eigenvalue weighted by Gasteiger charge is -2.08. The number of aromatic nitrogens is 2. The van der Waals surface area contributed by atoms with Crippen LogP contribution in [0.25, 0.3) is 22.5 Å². The van der Waals surface area contributed by atoms with Gasteiger partial charge in [0.05, 0.1) is 0 Å². The lowest BCUT2D eigenvalue weighted by molar-refractivity contribution is 0.102. The Bertz CT molecular complexity index is 1580. The number of hydrogen-bond acceptors (Lipinski definition) is 6. The van der Waals surface area contributed by atoms with Gasteiger partial charge in [-0.3, -0.25) is 10.1 Å². The summed E-state index contributed by atoms with van der Waals surface area (Å²) in [7, 11) is 0. The van der Waals surface area contributed by atoms with E-state index in [2.05, 4.69) is 26.7 Å². The molecule has 0 aliphatic rings. The fraction of sp³-hybridized carbons (Fsp3) is 0.0667. The van der Waals surface area contributed by atoms with Crippen molar-refractivity contribution in [2.75, 3.05) is 10.6 Å². The first-order valence-electron chi connectivity index (χ1n) is 11.7. The summed E-state index contributed by atoms with van der Waals surface area (Å²) < 4.78 is 6.11. The number of nitrogens with zero attached hydrogens (tertiary/aromatic N) is 3. The molecule has 0 aliphatic carbocycles. The molecule has 0 unspecified atom stereocenters. The van der Waals surface area contributed by atoms with Gasteiger partial charge in [0.15, 0.2) is 0 Å². The molecule has 0 aliphatic heterocycles. The van der Waals surface area contributed by atoms with Gasteiger partial charge < -0.3 is 9.73 Å². The van der Waals surface area contributed by atoms with Gasteiger partial charge in [-0.25, -0.2) is 9.97 Å². The molecule has 3 aromatic carbocycles. The van der Waals surface area contributed by atoms with Gasteiger partial charge in [-0.15, -0.1) is 0 Å². The summed E-state index contributed by atoms with van der Waals surface area (Å²) >= 11 is 0. The minimum absolute atomic E-state index is 0.107. The number of nitrogens with one attached hydrogen (secondary N) is 2. The van der Waals surface area contributed by atoms with Crippen LogP contribution in [0.1, 0.15) is 27.3 Å². The van der Waals surface area contributed by atoms with E-state index in [0.717, 1.165) is 28.2 Å². The third kappa shape index (κ3) is 5.09. The summed E-state index contributed by atoms with van der Waals surface area (Å²) in [5, 5.41) is 16.0. The number of rotatable bonds is 6. The minimum Gasteiger partial charge on any atom is -0.438 e. The highest BCUT2D eigenvalue weighted by Crippen LogP contribution is 2.41. The second-order valence-electron chi connectivity index (χ2n) is 8.48. The Kier molecular flexibility index (Phi) is 6.47. The molecular weight excluding hydrogens is 462 g/mol. The van der Waals surface area contributed by atoms with E-state index < -0.39 is 5.91 Å². The number of nitriles is 1. The number of amides is 1. The number of benzene rings is 3. The Morgan fingerprint density at radius 1 is 0.838 bits per heavy atom. The first-order valence-corrected chi connectivity index (χ1v) is 11.7. The predicted molar refractivity (Wildman–Crippen MR) is 143 cm³/mol. The average Bonchev–Trinajstić information content (AvgIpc) is 3.27. The largest absolute Gasteiger partial charge is 0.438 e. The first kappa shape index (κ1) is 23.5. The van der Waals surface area contributed by atoms with Crippen molar-refractivity contribution >= 4 is 23.4 Å². The average molecular weight is 486 g/mol. The molecule has 0 radical (unpaired) electrons. The van der Waals surface area contributed by atoms with Crippen molar-refractivity contribution in [3.8, 4) is 28.5 Å². The third-order valence-corrected chi connectivity index (χ3v) is 5.73. The van der Waals surface area contributed by atoms with E-state index in [0.29, 0.717) is 22.8 Å². The summed E-state index contributed by atoms with van der Waals surface area (Å²) in [6.07, 6.45) is 0. The van der Waals surface area contributed by atoms with Gasteiger partial charge in [0.1, 0.15) is 17.4 Å². The molecule has 2 aromatic heterocycles. The molecule has 180 valence electrons. The Morgan fingerprint density at radius 2 is 1.43 bits per heavy atom. The van der Waals surface area contributed by atoms with Crippen LogP contribution >= 0.6 is 0 Å². The van der Waals surface area contributed by atoms with Crippen LogP contribution in [0.3, 0.4) is 0 Å². The van der Waals surface area contributed by atoms with Crippen molar-refractivity contribution in [1.82, 2.24) is 9.97 Å². The fourth-order valence-corrected chi connectivity index (χ4v) is 4.09. The first-order chi connectivity index (χ1) is 18.0. The van der Waals surface area contributed by atoms with Crippen molar-refractivity contribution < 1.29 is 9.21 Å². The number of anilines is 3. The molecule has 1 amide bonds. The molecule has 5 rings (SSSR count). The Morgan fingerprint density at radius 3 is 2.03 bits per heavy atom. The quantitative estimate of drug-likeness (QED) is 0.271. The van der Waals surface area contributed by atoms with Gasteiger partial charge in [-0.2, -0.15) is 5.26 Å². The van der Waals surface area contributed by atoms with Crippen LogP contribution in [0.15, 0.2) is 95.4 Å². The number of carbonyl (C=O) groups excluding carboxylic acids is 1. The number of furan rings is 1. The highest BCUT2D eigenvalue weighted by molar-refractivity contribution is 6.05. The van der Waals surface area contributed by atoms with Gasteiger partial charge in [0.25, 0.3) is 5.91 Å². The van der Waals surface area contributed by atoms with Crippen LogP contribution in [-0.4, -0.2) is 15.9 Å². The van der Waals surface area contributed by atoms with E-state index >= 15 is 0 Å². The zero-order chi connectivity index (χ0) is 25.8. The standard InChI is InChI=1S/C30H23N5O2/c1-19-17-20(2)33-30(32-19)34-24-15-13-23(14-16-24)28(36)35-29-25(18-31)26(21-9-5-3-6-10-21)27(37-29)22-11-7-4-8-12-22/h3-17H,1-2H3,(H,35,36)(H,32,33,34). The van der Waals surface area contributed by atoms with Gasteiger partial charge in [0, 0.05) is 33.8 Å². The molecule has 7 nitrogen and oxygen atoms in total. The highest BCUT2D eigenvalue weighted by atomic mass is 16.4. The van der Waals surface area contributed by atoms with Crippen molar-refractivity contribution in [1.29, 1.82) is 5.26 Å². The zero-order valence-electron chi connectivity index (χ0n) is 20.3. The molecule has 2 N–H and O–H groups in total. The molecule has 0 atom stereocenters. The van der Waals surface area contributed by atoms with E-state index in [1.54, 1.807) is 24.3 Å². The van der Waals surface area contributed by atoms with E-state index in [-0.39, 0.29) is 11.4 Å². The molecule has 0 fully saturated rings. The Labute approximate surface area is 214 Å². The monoisotopic (exact) mass is 485 g/mol. The van der Waals surface area contributed by atoms with Crippen molar-refractivity contribution in [3.05, 3.63) is 114 Å². The SMILES string of the molecule is Cc1cc(C)nc(Nc2ccc(C(=O)Nc3oc(-c4ccccc4)c(-c4ccccc4)c3C#N)cc2)n1. The molecule has 0 saturated heterocycles. The van der Waals surface area contributed by atoms with E-state index in [9.17, 15) is 10.1 Å². The van der Waals surface area contributed by atoms with Crippen molar-refractivity contribution in [2.24, 2.45) is 0 Å². The zero-order valence-corrected chi connectivity index (χ0v) is 20.3. The lowest BCUT2D eigenvalue weighted by atomic mass is 9.98. The Hall–Kier alpha value is -5.22. The van der Waals surface area contributed by atoms with E-state index in [1.165, 1.54) is 0 Å². The van der Waals surface area contributed by atoms with Crippen LogP contribution in [0.5, 0.6) is 0 Å². The molecule has 7 heteroatoms. The summed E-state index contributed by atoms with van der Waals surface area (Å²) in [5.74, 6) is 0.729. The predicted octanol–water partition coefficient (Wildman–Crippen LogP) is 6.89. The number of aryl methyl sites for hydroxylation is 2. The molecule has 2 heterocycles. The van der Waals surface area contributed by atoms with Gasteiger partial charge in [0.2, 0.25) is 11.8 Å². The van der Waals surface area contributed by atoms with E-state index in [4.69, 9.17) is 4.42 Å². The minimum atomic E-state index is -0.390. The maximum absolute atomic E-state index is 13.1. The van der Waals surface area contributed by atoms with Crippen LogP contribution in [0, 0.1) is 25.2 Å². The van der Waals surface area contributed by atoms with Crippen LogP contribution in [0.4, 0.5) is 17.5 Å². The smallest absolute Gasteiger partial charge is 0.258 e. The molecule has 5 aromatic rings. The second kappa shape index (κ2) is 10.2. The van der Waals surface area contributed by atoms with Gasteiger partial charge in [-0.1, -0.05) is 60.7 Å². The van der Waals surface area contributed by atoms with Gasteiger partial charge >= 0.3 is 0 Å². The fourth-order valence-electron chi connectivity index (χ4n) is 4.09. The lowest BCUT2D eigenvalue weighted by Crippen LogP contribution is -2.12. The van der Waals surface area contributed by atoms with Gasteiger partial charge in [-0.05, 0) is 49.7 Å². The summed E-state index contributed by atoms with van der Waals surface area (Å²) in [4.78, 5) is 21.9. The molecular formula is C30H23N5O2. The summed E-state index contributed by atoms with van der Waals surface area (Å²) in [6, 6.07) is 30.1. The summed E-state index contributed by atoms with van der Waals surface area (Å²) in [6.45, 7) is 3.81. The molecule has 37 heavy (non-hydrogen) atoms. The normalized spacial score (nSPS) is 10.5. The van der Waals surface area contributed by atoms with Crippen molar-refractivity contribution in [3.63, 3.8) is 0 Å². The Balaban J connectivity index is 1.44. The number of carbonyl (C=O) groups is 1. The van der Waals surface area contributed by atoms with Crippen LogP contribution in [0.2, 0.25) is 0 Å². The summed E-state index contributed by atoms with van der Waals surface area (Å²) in [5.41, 5.74) is 5.42. The topological polar surface area (TPSA) is 104 Å². The highest BCUT2D eigenvalue weighted by Gasteiger charge is 2.24. The third-order valence-electron chi connectivity index (χ3n) is 5.73. The van der Waals surface area contributed by atoms with Crippen LogP contribution < -0.4 is 10.6 Å². The second-order valence-corrected chi connectivity index (χ2v) is 8.48. The molecule has 0 bridgehead atoms.